The third kappa shape index (κ3) is 2.58. The predicted molar refractivity (Wildman–Crippen MR) is 63.5 cm³/mol. The van der Waals surface area contributed by atoms with Crippen LogP contribution in [-0.2, 0) is 4.74 Å². The fourth-order valence-electron chi connectivity index (χ4n) is 1.89. The molecule has 0 aliphatic carbocycles. The van der Waals surface area contributed by atoms with Crippen molar-refractivity contribution in [2.24, 2.45) is 0 Å². The Bertz CT molecular complexity index is 367. The molecule has 1 saturated heterocycles. The average Bonchev–Trinajstić information content (AvgIpc) is 2.75. The molecule has 16 heavy (non-hydrogen) atoms. The van der Waals surface area contributed by atoms with Gasteiger partial charge in [-0.05, 0) is 13.3 Å². The molecule has 0 radical (unpaired) electrons. The van der Waals surface area contributed by atoms with Crippen molar-refractivity contribution in [3.8, 4) is 0 Å². The molecule has 1 atom stereocenters. The molecular formula is C12H17N3O. The molecule has 0 saturated carbocycles. The first kappa shape index (κ1) is 11.1. The molecule has 0 spiro atoms. The summed E-state index contributed by atoms with van der Waals surface area (Å²) in [6.45, 7) is 8.16. The Morgan fingerprint density at radius 3 is 3.25 bits per heavy atom. The molecule has 0 N–H and O–H groups in total. The second-order valence-corrected chi connectivity index (χ2v) is 4.00. The van der Waals surface area contributed by atoms with Gasteiger partial charge in [-0.25, -0.2) is 9.97 Å². The molecule has 1 aromatic heterocycles. The van der Waals surface area contributed by atoms with Gasteiger partial charge in [0, 0.05) is 24.8 Å². The van der Waals surface area contributed by atoms with E-state index in [1.54, 1.807) is 12.4 Å². The number of aromatic nitrogens is 2. The van der Waals surface area contributed by atoms with Gasteiger partial charge in [0.05, 0.1) is 12.7 Å². The lowest BCUT2D eigenvalue weighted by Gasteiger charge is -2.17. The summed E-state index contributed by atoms with van der Waals surface area (Å²) in [7, 11) is 0. The van der Waals surface area contributed by atoms with E-state index in [0.29, 0.717) is 12.7 Å². The van der Waals surface area contributed by atoms with Gasteiger partial charge in [0.15, 0.2) is 0 Å². The number of hydrogen-bond acceptors (Lipinski definition) is 4. The van der Waals surface area contributed by atoms with E-state index < -0.39 is 0 Å². The lowest BCUT2D eigenvalue weighted by atomic mass is 10.3. The molecule has 1 aliphatic rings. The monoisotopic (exact) mass is 219 g/mol. The molecule has 86 valence electrons. The third-order valence-corrected chi connectivity index (χ3v) is 2.71. The second kappa shape index (κ2) is 5.07. The lowest BCUT2D eigenvalue weighted by Crippen LogP contribution is -2.23. The quantitative estimate of drug-likeness (QED) is 0.720. The number of rotatable bonds is 4. The maximum Gasteiger partial charge on any atom is 0.132 e. The van der Waals surface area contributed by atoms with Crippen LogP contribution in [0.1, 0.15) is 12.1 Å². The smallest absolute Gasteiger partial charge is 0.132 e. The third-order valence-electron chi connectivity index (χ3n) is 2.71. The van der Waals surface area contributed by atoms with E-state index in [1.165, 1.54) is 0 Å². The molecule has 4 heteroatoms. The molecule has 1 aliphatic heterocycles. The van der Waals surface area contributed by atoms with E-state index in [9.17, 15) is 0 Å². The summed E-state index contributed by atoms with van der Waals surface area (Å²) in [5, 5.41) is 0. The van der Waals surface area contributed by atoms with Gasteiger partial charge in [-0.3, -0.25) is 0 Å². The number of anilines is 1. The Hall–Kier alpha value is -1.42. The van der Waals surface area contributed by atoms with E-state index >= 15 is 0 Å². The van der Waals surface area contributed by atoms with Crippen LogP contribution in [0.3, 0.4) is 0 Å². The summed E-state index contributed by atoms with van der Waals surface area (Å²) >= 11 is 0. The molecule has 1 unspecified atom stereocenters. The minimum absolute atomic E-state index is 0.299. The minimum Gasteiger partial charge on any atom is -0.372 e. The van der Waals surface area contributed by atoms with Crippen LogP contribution in [0.5, 0.6) is 0 Å². The van der Waals surface area contributed by atoms with Crippen LogP contribution >= 0.6 is 0 Å². The van der Waals surface area contributed by atoms with E-state index in [1.807, 2.05) is 13.0 Å². The van der Waals surface area contributed by atoms with Crippen molar-refractivity contribution in [3.05, 3.63) is 30.7 Å². The van der Waals surface area contributed by atoms with Crippen LogP contribution in [-0.4, -0.2) is 35.8 Å². The SMILES string of the molecule is C=CCOC1CCN(c2cc(C)ncn2)C1. The van der Waals surface area contributed by atoms with Crippen molar-refractivity contribution in [2.45, 2.75) is 19.4 Å². The van der Waals surface area contributed by atoms with Crippen LogP contribution in [0.2, 0.25) is 0 Å². The Labute approximate surface area is 96.0 Å². The van der Waals surface area contributed by atoms with E-state index in [-0.39, 0.29) is 0 Å². The highest BCUT2D eigenvalue weighted by molar-refractivity contribution is 5.40. The van der Waals surface area contributed by atoms with Gasteiger partial charge in [0.2, 0.25) is 0 Å². The van der Waals surface area contributed by atoms with E-state index in [0.717, 1.165) is 31.0 Å². The Balaban J connectivity index is 1.95. The summed E-state index contributed by atoms with van der Waals surface area (Å²) in [5.74, 6) is 0.997. The molecule has 0 bridgehead atoms. The van der Waals surface area contributed by atoms with Crippen LogP contribution in [0.15, 0.2) is 25.0 Å². The van der Waals surface area contributed by atoms with E-state index in [4.69, 9.17) is 4.74 Å². The van der Waals surface area contributed by atoms with Crippen LogP contribution in [0.4, 0.5) is 5.82 Å². The highest BCUT2D eigenvalue weighted by Crippen LogP contribution is 2.19. The Morgan fingerprint density at radius 1 is 1.62 bits per heavy atom. The second-order valence-electron chi connectivity index (χ2n) is 4.00. The summed E-state index contributed by atoms with van der Waals surface area (Å²) in [6.07, 6.45) is 4.75. The maximum atomic E-state index is 5.63. The van der Waals surface area contributed by atoms with Gasteiger partial charge >= 0.3 is 0 Å². The topological polar surface area (TPSA) is 38.2 Å². The fourth-order valence-corrected chi connectivity index (χ4v) is 1.89. The summed E-state index contributed by atoms with van der Waals surface area (Å²) < 4.78 is 5.63. The number of ether oxygens (including phenoxy) is 1. The van der Waals surface area contributed by atoms with Gasteiger partial charge in [-0.2, -0.15) is 0 Å². The summed E-state index contributed by atoms with van der Waals surface area (Å²) in [4.78, 5) is 10.6. The first-order chi connectivity index (χ1) is 7.79. The van der Waals surface area contributed by atoms with Crippen molar-refractivity contribution in [1.29, 1.82) is 0 Å². The zero-order valence-electron chi connectivity index (χ0n) is 9.59. The van der Waals surface area contributed by atoms with Crippen LogP contribution < -0.4 is 4.90 Å². The molecular weight excluding hydrogens is 202 g/mol. The lowest BCUT2D eigenvalue weighted by molar-refractivity contribution is 0.0909. The van der Waals surface area contributed by atoms with Crippen molar-refractivity contribution in [3.63, 3.8) is 0 Å². The van der Waals surface area contributed by atoms with Crippen LogP contribution in [0, 0.1) is 6.92 Å². The van der Waals surface area contributed by atoms with Crippen molar-refractivity contribution < 1.29 is 4.74 Å². The van der Waals surface area contributed by atoms with Gasteiger partial charge < -0.3 is 9.64 Å². The molecule has 2 rings (SSSR count). The Kier molecular flexibility index (Phi) is 3.51. The Morgan fingerprint density at radius 2 is 2.50 bits per heavy atom. The maximum absolute atomic E-state index is 5.63. The number of nitrogens with zero attached hydrogens (tertiary/aromatic N) is 3. The van der Waals surface area contributed by atoms with Gasteiger partial charge in [-0.1, -0.05) is 6.08 Å². The molecule has 2 heterocycles. The molecule has 1 fully saturated rings. The highest BCUT2D eigenvalue weighted by atomic mass is 16.5. The number of hydrogen-bond donors (Lipinski definition) is 0. The molecule has 1 aromatic rings. The first-order valence-corrected chi connectivity index (χ1v) is 5.55. The standard InChI is InChI=1S/C12H17N3O/c1-3-6-16-11-4-5-15(8-11)12-7-10(2)13-9-14-12/h3,7,9,11H,1,4-6,8H2,2H3. The van der Waals surface area contributed by atoms with Crippen molar-refractivity contribution in [2.75, 3.05) is 24.6 Å². The van der Waals surface area contributed by atoms with Gasteiger partial charge in [-0.15, -0.1) is 6.58 Å². The summed E-state index contributed by atoms with van der Waals surface area (Å²) in [6, 6.07) is 2.01. The van der Waals surface area contributed by atoms with Crippen molar-refractivity contribution in [1.82, 2.24) is 9.97 Å². The highest BCUT2D eigenvalue weighted by Gasteiger charge is 2.23. The minimum atomic E-state index is 0.299. The summed E-state index contributed by atoms with van der Waals surface area (Å²) in [5.41, 5.74) is 1.00. The largest absolute Gasteiger partial charge is 0.372 e. The van der Waals surface area contributed by atoms with Gasteiger partial charge in [0.25, 0.3) is 0 Å². The zero-order valence-corrected chi connectivity index (χ0v) is 9.59. The first-order valence-electron chi connectivity index (χ1n) is 5.55. The predicted octanol–water partition coefficient (Wildman–Crippen LogP) is 1.57. The average molecular weight is 219 g/mol. The van der Waals surface area contributed by atoms with Gasteiger partial charge in [0.1, 0.15) is 12.1 Å². The zero-order chi connectivity index (χ0) is 11.4. The molecule has 0 aromatic carbocycles. The van der Waals surface area contributed by atoms with Crippen molar-refractivity contribution >= 4 is 5.82 Å². The normalized spacial score (nSPS) is 20.1. The fraction of sp³-hybridized carbons (Fsp3) is 0.500. The van der Waals surface area contributed by atoms with Crippen LogP contribution in [0.25, 0.3) is 0 Å². The molecule has 4 nitrogen and oxygen atoms in total. The molecule has 0 amide bonds. The van der Waals surface area contributed by atoms with E-state index in [2.05, 4.69) is 21.4 Å². The number of aryl methyl sites for hydroxylation is 1.